The minimum absolute atomic E-state index is 0.0876. The van der Waals surface area contributed by atoms with Crippen LogP contribution in [0, 0.1) is 13.8 Å². The summed E-state index contributed by atoms with van der Waals surface area (Å²) in [6, 6.07) is 14.6. The summed E-state index contributed by atoms with van der Waals surface area (Å²) in [5.74, 6) is 0.0876. The number of aryl methyl sites for hydroxylation is 2. The Morgan fingerprint density at radius 3 is 2.61 bits per heavy atom. The summed E-state index contributed by atoms with van der Waals surface area (Å²) in [6.45, 7) is 7.43. The summed E-state index contributed by atoms with van der Waals surface area (Å²) in [5, 5.41) is 0. The van der Waals surface area contributed by atoms with Gasteiger partial charge in [-0.3, -0.25) is 9.69 Å². The van der Waals surface area contributed by atoms with Crippen molar-refractivity contribution < 1.29 is 4.79 Å². The van der Waals surface area contributed by atoms with E-state index in [1.165, 1.54) is 11.1 Å². The number of hydrogen-bond acceptors (Lipinski definition) is 4. The van der Waals surface area contributed by atoms with E-state index >= 15 is 0 Å². The zero-order chi connectivity index (χ0) is 19.3. The Bertz CT molecular complexity index is 1080. The topological polar surface area (TPSA) is 49.3 Å². The van der Waals surface area contributed by atoms with Crippen LogP contribution < -0.4 is 0 Å². The lowest BCUT2D eigenvalue weighted by Gasteiger charge is -2.44. The number of rotatable bonds is 1. The van der Waals surface area contributed by atoms with E-state index in [0.29, 0.717) is 11.6 Å². The highest BCUT2D eigenvalue weighted by Crippen LogP contribution is 2.33. The molecule has 3 aromatic rings. The second kappa shape index (κ2) is 6.67. The van der Waals surface area contributed by atoms with Gasteiger partial charge in [0, 0.05) is 31.7 Å². The third-order valence-corrected chi connectivity index (χ3v) is 6.18. The molecule has 5 heteroatoms. The highest BCUT2D eigenvalue weighted by molar-refractivity contribution is 5.97. The summed E-state index contributed by atoms with van der Waals surface area (Å²) in [6.07, 6.45) is 1.10. The molecule has 0 saturated carbocycles. The second-order valence-corrected chi connectivity index (χ2v) is 7.85. The van der Waals surface area contributed by atoms with E-state index < -0.39 is 0 Å². The first-order valence-corrected chi connectivity index (χ1v) is 9.96. The molecule has 2 aliphatic rings. The average Bonchev–Trinajstić information content (AvgIpc) is 2.73. The zero-order valence-corrected chi connectivity index (χ0v) is 16.4. The molecule has 0 spiro atoms. The third-order valence-electron chi connectivity index (χ3n) is 6.18. The van der Waals surface area contributed by atoms with Crippen LogP contribution in [0.15, 0.2) is 42.5 Å². The van der Waals surface area contributed by atoms with Crippen LogP contribution in [0.2, 0.25) is 0 Å². The number of aromatic nitrogens is 2. The molecule has 0 bridgehead atoms. The van der Waals surface area contributed by atoms with Crippen LogP contribution in [-0.4, -0.2) is 51.9 Å². The molecule has 28 heavy (non-hydrogen) atoms. The highest BCUT2D eigenvalue weighted by atomic mass is 16.2. The second-order valence-electron chi connectivity index (χ2n) is 7.85. The van der Waals surface area contributed by atoms with Gasteiger partial charge in [-0.05, 0) is 49.6 Å². The van der Waals surface area contributed by atoms with E-state index in [4.69, 9.17) is 0 Å². The molecule has 2 aliphatic heterocycles. The van der Waals surface area contributed by atoms with E-state index in [1.807, 2.05) is 36.9 Å². The fourth-order valence-electron chi connectivity index (χ4n) is 4.46. The molecule has 1 atom stereocenters. The third kappa shape index (κ3) is 2.87. The molecule has 3 heterocycles. The van der Waals surface area contributed by atoms with Gasteiger partial charge in [0.1, 0.15) is 0 Å². The SMILES string of the molecule is Cc1nc2ccc(C(=O)N3CCN4CCc5ccccc5C4C3)cc2nc1C. The van der Waals surface area contributed by atoms with Gasteiger partial charge in [0.05, 0.1) is 28.5 Å². The maximum atomic E-state index is 13.2. The first-order valence-electron chi connectivity index (χ1n) is 9.96. The van der Waals surface area contributed by atoms with Crippen molar-refractivity contribution in [2.24, 2.45) is 0 Å². The molecule has 0 aliphatic carbocycles. The molecule has 5 nitrogen and oxygen atoms in total. The fraction of sp³-hybridized carbons (Fsp3) is 0.348. The predicted octanol–water partition coefficient (Wildman–Crippen LogP) is 3.30. The smallest absolute Gasteiger partial charge is 0.254 e. The van der Waals surface area contributed by atoms with Crippen molar-refractivity contribution in [3.05, 3.63) is 70.5 Å². The number of amides is 1. The summed E-state index contributed by atoms with van der Waals surface area (Å²) < 4.78 is 0. The summed E-state index contributed by atoms with van der Waals surface area (Å²) in [5.41, 5.74) is 6.96. The summed E-state index contributed by atoms with van der Waals surface area (Å²) in [4.78, 5) is 26.9. The van der Waals surface area contributed by atoms with Crippen LogP contribution in [-0.2, 0) is 6.42 Å². The van der Waals surface area contributed by atoms with E-state index in [0.717, 1.165) is 55.0 Å². The van der Waals surface area contributed by atoms with E-state index in [9.17, 15) is 4.79 Å². The number of carbonyl (C=O) groups is 1. The lowest BCUT2D eigenvalue weighted by atomic mass is 9.91. The van der Waals surface area contributed by atoms with Gasteiger partial charge >= 0.3 is 0 Å². The number of piperazine rings is 1. The Hall–Kier alpha value is -2.79. The zero-order valence-electron chi connectivity index (χ0n) is 16.4. The quantitative estimate of drug-likeness (QED) is 0.658. The Balaban J connectivity index is 1.43. The molecule has 1 unspecified atom stereocenters. The van der Waals surface area contributed by atoms with Gasteiger partial charge in [0.25, 0.3) is 5.91 Å². The Labute approximate surface area is 165 Å². The highest BCUT2D eigenvalue weighted by Gasteiger charge is 2.34. The van der Waals surface area contributed by atoms with Crippen molar-refractivity contribution in [2.75, 3.05) is 26.2 Å². The van der Waals surface area contributed by atoms with Crippen LogP contribution >= 0.6 is 0 Å². The van der Waals surface area contributed by atoms with Crippen molar-refractivity contribution >= 4 is 16.9 Å². The first kappa shape index (κ1) is 17.3. The number of carbonyl (C=O) groups excluding carboxylic acids is 1. The van der Waals surface area contributed by atoms with Gasteiger partial charge in [-0.2, -0.15) is 0 Å². The van der Waals surface area contributed by atoms with Crippen LogP contribution in [0.3, 0.4) is 0 Å². The molecule has 0 radical (unpaired) electrons. The average molecular weight is 372 g/mol. The van der Waals surface area contributed by atoms with Crippen LogP contribution in [0.1, 0.15) is 38.9 Å². The summed E-state index contributed by atoms with van der Waals surface area (Å²) in [7, 11) is 0. The maximum absolute atomic E-state index is 13.2. The molecular formula is C23H24N4O. The van der Waals surface area contributed by atoms with Gasteiger partial charge in [0.2, 0.25) is 0 Å². The molecule has 2 aromatic carbocycles. The molecule has 1 amide bonds. The molecule has 142 valence electrons. The Morgan fingerprint density at radius 2 is 1.75 bits per heavy atom. The van der Waals surface area contributed by atoms with Crippen molar-refractivity contribution in [2.45, 2.75) is 26.3 Å². The van der Waals surface area contributed by atoms with E-state index in [1.54, 1.807) is 0 Å². The van der Waals surface area contributed by atoms with Gasteiger partial charge < -0.3 is 4.90 Å². The minimum atomic E-state index is 0.0876. The molecule has 5 rings (SSSR count). The van der Waals surface area contributed by atoms with E-state index in [-0.39, 0.29) is 5.91 Å². The fourth-order valence-corrected chi connectivity index (χ4v) is 4.46. The monoisotopic (exact) mass is 372 g/mol. The van der Waals surface area contributed by atoms with Crippen LogP contribution in [0.5, 0.6) is 0 Å². The van der Waals surface area contributed by atoms with Crippen LogP contribution in [0.4, 0.5) is 0 Å². The Morgan fingerprint density at radius 1 is 0.964 bits per heavy atom. The number of nitrogens with zero attached hydrogens (tertiary/aromatic N) is 4. The van der Waals surface area contributed by atoms with E-state index in [2.05, 4.69) is 39.1 Å². The molecule has 1 aromatic heterocycles. The largest absolute Gasteiger partial charge is 0.335 e. The number of hydrogen-bond donors (Lipinski definition) is 0. The molecule has 0 N–H and O–H groups in total. The summed E-state index contributed by atoms with van der Waals surface area (Å²) >= 11 is 0. The van der Waals surface area contributed by atoms with Gasteiger partial charge in [0.15, 0.2) is 0 Å². The maximum Gasteiger partial charge on any atom is 0.254 e. The lowest BCUT2D eigenvalue weighted by Crippen LogP contribution is -2.52. The number of benzene rings is 2. The first-order chi connectivity index (χ1) is 13.6. The predicted molar refractivity (Wildman–Crippen MR) is 109 cm³/mol. The molecule has 1 fully saturated rings. The van der Waals surface area contributed by atoms with Crippen molar-refractivity contribution in [3.63, 3.8) is 0 Å². The minimum Gasteiger partial charge on any atom is -0.335 e. The standard InChI is InChI=1S/C23H24N4O/c1-15-16(2)25-21-13-18(7-8-20(21)24-15)23(28)27-12-11-26-10-9-17-5-3-4-6-19(17)22(26)14-27/h3-8,13,22H,9-12,14H2,1-2H3. The van der Waals surface area contributed by atoms with Crippen LogP contribution in [0.25, 0.3) is 11.0 Å². The normalized spacial score (nSPS) is 19.4. The molecular weight excluding hydrogens is 348 g/mol. The van der Waals surface area contributed by atoms with Gasteiger partial charge in [-0.25, -0.2) is 9.97 Å². The lowest BCUT2D eigenvalue weighted by molar-refractivity contribution is 0.0454. The van der Waals surface area contributed by atoms with Crippen molar-refractivity contribution in [1.82, 2.24) is 19.8 Å². The van der Waals surface area contributed by atoms with Gasteiger partial charge in [-0.15, -0.1) is 0 Å². The van der Waals surface area contributed by atoms with Crippen molar-refractivity contribution in [1.29, 1.82) is 0 Å². The van der Waals surface area contributed by atoms with Gasteiger partial charge in [-0.1, -0.05) is 24.3 Å². The Kier molecular flexibility index (Phi) is 4.13. The molecule has 1 saturated heterocycles. The van der Waals surface area contributed by atoms with Crippen molar-refractivity contribution in [3.8, 4) is 0 Å². The number of fused-ring (bicyclic) bond motifs is 4.